The molecule has 1 aromatic carbocycles. The molecule has 0 heterocycles. The van der Waals surface area contributed by atoms with Gasteiger partial charge in [-0.15, -0.1) is 0 Å². The van der Waals surface area contributed by atoms with Crippen molar-refractivity contribution >= 4 is 17.2 Å². The molecule has 0 aliphatic heterocycles. The zero-order chi connectivity index (χ0) is 12.0. The van der Waals surface area contributed by atoms with Crippen LogP contribution >= 0.6 is 11.6 Å². The van der Waals surface area contributed by atoms with Gasteiger partial charge in [0.1, 0.15) is 0 Å². The number of hydrogen-bond acceptors (Lipinski definition) is 0. The van der Waals surface area contributed by atoms with Gasteiger partial charge in [-0.3, -0.25) is 0 Å². The molecule has 0 aromatic heterocycles. The minimum Gasteiger partial charge on any atom is -0.0958 e. The van der Waals surface area contributed by atoms with Crippen molar-refractivity contribution in [1.29, 1.82) is 0 Å². The van der Waals surface area contributed by atoms with Gasteiger partial charge in [-0.1, -0.05) is 67.1 Å². The normalized spacial score (nSPS) is 12.1. The first-order valence-electron chi connectivity index (χ1n) is 5.46. The molecule has 0 bridgehead atoms. The molecule has 0 aliphatic rings. The minimum absolute atomic E-state index is 0.780. The van der Waals surface area contributed by atoms with E-state index < -0.39 is 0 Å². The highest BCUT2D eigenvalue weighted by Crippen LogP contribution is 2.24. The zero-order valence-corrected chi connectivity index (χ0v) is 10.6. The molecule has 0 nitrogen and oxygen atoms in total. The van der Waals surface area contributed by atoms with Gasteiger partial charge in [-0.05, 0) is 30.5 Å². The Morgan fingerprint density at radius 2 is 2.00 bits per heavy atom. The Labute approximate surface area is 103 Å². The van der Waals surface area contributed by atoms with Crippen molar-refractivity contribution in [3.8, 4) is 0 Å². The molecule has 0 N–H and O–H groups in total. The van der Waals surface area contributed by atoms with Crippen molar-refractivity contribution in [2.75, 3.05) is 0 Å². The van der Waals surface area contributed by atoms with Gasteiger partial charge >= 0.3 is 0 Å². The van der Waals surface area contributed by atoms with Crippen molar-refractivity contribution in [2.45, 2.75) is 20.3 Å². The average Bonchev–Trinajstić information content (AvgIpc) is 2.31. The Kier molecular flexibility index (Phi) is 5.07. The van der Waals surface area contributed by atoms with Crippen LogP contribution in [0.5, 0.6) is 0 Å². The van der Waals surface area contributed by atoms with Gasteiger partial charge in [0, 0.05) is 5.02 Å². The second-order valence-corrected chi connectivity index (χ2v) is 3.98. The third kappa shape index (κ3) is 3.39. The molecule has 0 saturated heterocycles. The molecule has 0 unspecified atom stereocenters. The number of allylic oxidation sites excluding steroid dienone is 5. The van der Waals surface area contributed by atoms with Gasteiger partial charge in [-0.2, -0.15) is 0 Å². The van der Waals surface area contributed by atoms with Crippen molar-refractivity contribution < 1.29 is 0 Å². The molecule has 1 rings (SSSR count). The predicted octanol–water partition coefficient (Wildman–Crippen LogP) is 5.27. The molecule has 0 radical (unpaired) electrons. The summed E-state index contributed by atoms with van der Waals surface area (Å²) < 4.78 is 0. The van der Waals surface area contributed by atoms with Gasteiger partial charge in [-0.25, -0.2) is 0 Å². The van der Waals surface area contributed by atoms with Gasteiger partial charge < -0.3 is 0 Å². The smallest absolute Gasteiger partial charge is 0.0484 e. The lowest BCUT2D eigenvalue weighted by Gasteiger charge is -2.04. The maximum atomic E-state index is 6.15. The highest BCUT2D eigenvalue weighted by Gasteiger charge is 2.01. The highest BCUT2D eigenvalue weighted by atomic mass is 35.5. The van der Waals surface area contributed by atoms with E-state index in [1.54, 1.807) is 0 Å². The standard InChI is InChI=1S/C15H17Cl/c1-4-12(3)10-11-13(5-2)14-8-6-7-9-15(14)16/h5-11H,3-4H2,1-2H3/b11-10-,13-5+. The number of rotatable bonds is 4. The Bertz CT molecular complexity index is 425. The lowest BCUT2D eigenvalue weighted by atomic mass is 10.0. The molecular weight excluding hydrogens is 216 g/mol. The van der Waals surface area contributed by atoms with E-state index in [1.165, 1.54) is 0 Å². The number of benzene rings is 1. The van der Waals surface area contributed by atoms with Crippen molar-refractivity contribution in [3.05, 3.63) is 65.2 Å². The van der Waals surface area contributed by atoms with Crippen LogP contribution in [0, 0.1) is 0 Å². The van der Waals surface area contributed by atoms with Crippen LogP contribution in [0.2, 0.25) is 5.02 Å². The van der Waals surface area contributed by atoms with E-state index >= 15 is 0 Å². The van der Waals surface area contributed by atoms with Crippen LogP contribution in [0.1, 0.15) is 25.8 Å². The molecule has 0 atom stereocenters. The molecule has 1 aromatic rings. The molecule has 16 heavy (non-hydrogen) atoms. The molecule has 0 fully saturated rings. The summed E-state index contributed by atoms with van der Waals surface area (Å²) in [6.07, 6.45) is 7.13. The number of hydrogen-bond donors (Lipinski definition) is 0. The molecule has 0 aliphatic carbocycles. The Morgan fingerprint density at radius 1 is 1.31 bits per heavy atom. The first-order valence-corrected chi connectivity index (χ1v) is 5.84. The van der Waals surface area contributed by atoms with E-state index in [1.807, 2.05) is 37.3 Å². The summed E-state index contributed by atoms with van der Waals surface area (Å²) in [5, 5.41) is 0.780. The van der Waals surface area contributed by atoms with E-state index in [2.05, 4.69) is 25.7 Å². The Balaban J connectivity index is 2.97. The molecule has 1 heteroatoms. The largest absolute Gasteiger partial charge is 0.0958 e. The summed E-state index contributed by atoms with van der Waals surface area (Å²) in [7, 11) is 0. The third-order valence-corrected chi connectivity index (χ3v) is 2.78. The SMILES string of the molecule is C=C(/C=C\C(=C/C)c1ccccc1Cl)CC. The molecular formula is C15H17Cl. The van der Waals surface area contributed by atoms with Gasteiger partial charge in [0.15, 0.2) is 0 Å². The third-order valence-electron chi connectivity index (χ3n) is 2.45. The summed E-state index contributed by atoms with van der Waals surface area (Å²) in [6, 6.07) is 7.86. The Hall–Kier alpha value is -1.27. The summed E-state index contributed by atoms with van der Waals surface area (Å²) in [5.74, 6) is 0. The fourth-order valence-electron chi connectivity index (χ4n) is 1.36. The quantitative estimate of drug-likeness (QED) is 0.621. The maximum Gasteiger partial charge on any atom is 0.0484 e. The van der Waals surface area contributed by atoms with Crippen molar-refractivity contribution in [1.82, 2.24) is 0 Å². The van der Waals surface area contributed by atoms with Crippen LogP contribution in [0.4, 0.5) is 0 Å². The van der Waals surface area contributed by atoms with E-state index in [4.69, 9.17) is 11.6 Å². The molecule has 0 spiro atoms. The van der Waals surface area contributed by atoms with Crippen molar-refractivity contribution in [3.63, 3.8) is 0 Å². The van der Waals surface area contributed by atoms with Crippen molar-refractivity contribution in [2.24, 2.45) is 0 Å². The first-order chi connectivity index (χ1) is 7.69. The summed E-state index contributed by atoms with van der Waals surface area (Å²) in [6.45, 7) is 8.05. The van der Waals surface area contributed by atoms with Crippen LogP contribution in [0.3, 0.4) is 0 Å². The second-order valence-electron chi connectivity index (χ2n) is 3.57. The van der Waals surface area contributed by atoms with Gasteiger partial charge in [0.05, 0.1) is 0 Å². The van der Waals surface area contributed by atoms with Crippen LogP contribution in [-0.4, -0.2) is 0 Å². The average molecular weight is 233 g/mol. The Morgan fingerprint density at radius 3 is 2.56 bits per heavy atom. The second kappa shape index (κ2) is 6.34. The van der Waals surface area contributed by atoms with Crippen LogP contribution < -0.4 is 0 Å². The van der Waals surface area contributed by atoms with Crippen LogP contribution in [0.15, 0.2) is 54.6 Å². The zero-order valence-electron chi connectivity index (χ0n) is 9.83. The monoisotopic (exact) mass is 232 g/mol. The van der Waals surface area contributed by atoms with E-state index in [0.717, 1.165) is 28.2 Å². The number of halogens is 1. The predicted molar refractivity (Wildman–Crippen MR) is 73.7 cm³/mol. The van der Waals surface area contributed by atoms with Crippen LogP contribution in [0.25, 0.3) is 5.57 Å². The van der Waals surface area contributed by atoms with E-state index in [9.17, 15) is 0 Å². The highest BCUT2D eigenvalue weighted by molar-refractivity contribution is 6.32. The van der Waals surface area contributed by atoms with Crippen LogP contribution in [-0.2, 0) is 0 Å². The van der Waals surface area contributed by atoms with Gasteiger partial charge in [0.25, 0.3) is 0 Å². The van der Waals surface area contributed by atoms with E-state index in [0.29, 0.717) is 0 Å². The first kappa shape index (κ1) is 12.8. The van der Waals surface area contributed by atoms with Gasteiger partial charge in [0.2, 0.25) is 0 Å². The fraction of sp³-hybridized carbons (Fsp3) is 0.200. The minimum atomic E-state index is 0.780. The lowest BCUT2D eigenvalue weighted by Crippen LogP contribution is -1.82. The summed E-state index contributed by atoms with van der Waals surface area (Å²) >= 11 is 6.15. The fourth-order valence-corrected chi connectivity index (χ4v) is 1.61. The summed E-state index contributed by atoms with van der Waals surface area (Å²) in [4.78, 5) is 0. The molecule has 0 saturated carbocycles. The lowest BCUT2D eigenvalue weighted by molar-refractivity contribution is 1.16. The molecule has 0 amide bonds. The topological polar surface area (TPSA) is 0 Å². The van der Waals surface area contributed by atoms with E-state index in [-0.39, 0.29) is 0 Å². The molecule has 84 valence electrons. The maximum absolute atomic E-state index is 6.15. The summed E-state index contributed by atoms with van der Waals surface area (Å²) in [5.41, 5.74) is 3.30.